The quantitative estimate of drug-likeness (QED) is 0.327. The predicted molar refractivity (Wildman–Crippen MR) is 171 cm³/mol. The molecule has 0 spiro atoms. The Morgan fingerprint density at radius 1 is 1.09 bits per heavy atom. The molecule has 1 aromatic carbocycles. The number of anilines is 5. The first-order chi connectivity index (χ1) is 21.5. The minimum Gasteiger partial charge on any atom is -0.474 e. The monoisotopic (exact) mass is 619 g/mol. The highest BCUT2D eigenvalue weighted by atomic mass is 16.6. The largest absolute Gasteiger partial charge is 0.474 e. The van der Waals surface area contributed by atoms with Gasteiger partial charge in [0.25, 0.3) is 0 Å². The van der Waals surface area contributed by atoms with Gasteiger partial charge in [-0.1, -0.05) is 0 Å². The molecule has 3 aromatic rings. The molecule has 0 saturated carbocycles. The number of carbonyl (C=O) groups is 2. The normalized spacial score (nSPS) is 14.3. The van der Waals surface area contributed by atoms with Crippen molar-refractivity contribution in [2.75, 3.05) is 67.1 Å². The molecule has 0 saturated heterocycles. The Bertz CT molecular complexity index is 1560. The molecule has 240 valence electrons. The molecule has 13 nitrogen and oxygen atoms in total. The summed E-state index contributed by atoms with van der Waals surface area (Å²) in [7, 11) is 1.58. The van der Waals surface area contributed by atoms with Gasteiger partial charge in [0.15, 0.2) is 0 Å². The summed E-state index contributed by atoms with van der Waals surface area (Å²) in [5.41, 5.74) is 6.19. The highest BCUT2D eigenvalue weighted by Crippen LogP contribution is 2.39. The van der Waals surface area contributed by atoms with Crippen molar-refractivity contribution >= 4 is 40.7 Å². The lowest BCUT2D eigenvalue weighted by molar-refractivity contribution is -0.121. The Kier molecular flexibility index (Phi) is 9.68. The average Bonchev–Trinajstić information content (AvgIpc) is 2.99. The van der Waals surface area contributed by atoms with Gasteiger partial charge >= 0.3 is 6.09 Å². The average molecular weight is 620 g/mol. The second kappa shape index (κ2) is 13.7. The molecule has 0 bridgehead atoms. The Labute approximate surface area is 263 Å². The highest BCUT2D eigenvalue weighted by Gasteiger charge is 2.32. The Morgan fingerprint density at radius 2 is 1.91 bits per heavy atom. The predicted octanol–water partition coefficient (Wildman–Crippen LogP) is 4.53. The number of hydrogen-bond donors (Lipinski definition) is 2. The summed E-state index contributed by atoms with van der Waals surface area (Å²) in [5.74, 6) is 0.672. The topological polar surface area (TPSA) is 140 Å². The van der Waals surface area contributed by atoms with Crippen LogP contribution in [0.1, 0.15) is 43.2 Å². The number of hydrogen-bond acceptors (Lipinski definition) is 11. The molecular formula is C32H41N7O6. The Morgan fingerprint density at radius 3 is 2.67 bits per heavy atom. The van der Waals surface area contributed by atoms with Gasteiger partial charge in [-0.2, -0.15) is 0 Å². The number of nitrogens with zero attached hydrogens (tertiary/aromatic N) is 5. The van der Waals surface area contributed by atoms with Gasteiger partial charge in [-0.05, 0) is 70.4 Å². The van der Waals surface area contributed by atoms with Crippen molar-refractivity contribution in [3.05, 3.63) is 53.0 Å². The summed E-state index contributed by atoms with van der Waals surface area (Å²) in [6.45, 7) is 12.2. The van der Waals surface area contributed by atoms with Crippen LogP contribution in [0.15, 0.2) is 30.6 Å². The molecule has 4 heterocycles. The summed E-state index contributed by atoms with van der Waals surface area (Å²) in [6.07, 6.45) is 4.01. The van der Waals surface area contributed by atoms with Crippen molar-refractivity contribution in [1.29, 1.82) is 0 Å². The van der Waals surface area contributed by atoms with E-state index in [0.717, 1.165) is 46.7 Å². The first-order valence-electron chi connectivity index (χ1n) is 15.0. The molecule has 2 aliphatic heterocycles. The second-order valence-corrected chi connectivity index (χ2v) is 12.0. The fraction of sp³-hybridized carbons (Fsp3) is 0.469. The Balaban J connectivity index is 1.28. The van der Waals surface area contributed by atoms with Crippen molar-refractivity contribution in [1.82, 2.24) is 15.0 Å². The number of methoxy groups -OCH3 is 1. The molecule has 0 radical (unpaired) electrons. The van der Waals surface area contributed by atoms with Crippen LogP contribution < -0.4 is 25.2 Å². The van der Waals surface area contributed by atoms with E-state index < -0.39 is 11.7 Å². The van der Waals surface area contributed by atoms with E-state index in [-0.39, 0.29) is 12.5 Å². The molecular weight excluding hydrogens is 578 g/mol. The lowest BCUT2D eigenvalue weighted by Gasteiger charge is -2.35. The zero-order valence-corrected chi connectivity index (χ0v) is 26.7. The number of aromatic nitrogens is 3. The van der Waals surface area contributed by atoms with Crippen LogP contribution in [0.4, 0.5) is 33.5 Å². The van der Waals surface area contributed by atoms with Crippen LogP contribution in [0.2, 0.25) is 0 Å². The first-order valence-corrected chi connectivity index (χ1v) is 15.0. The number of rotatable bonds is 9. The third-order valence-corrected chi connectivity index (χ3v) is 7.39. The van der Waals surface area contributed by atoms with E-state index in [2.05, 4.69) is 25.5 Å². The fourth-order valence-electron chi connectivity index (χ4n) is 5.22. The number of benzene rings is 1. The van der Waals surface area contributed by atoms with E-state index in [0.29, 0.717) is 56.1 Å². The summed E-state index contributed by atoms with van der Waals surface area (Å²) in [4.78, 5) is 43.1. The van der Waals surface area contributed by atoms with Crippen molar-refractivity contribution in [3.63, 3.8) is 0 Å². The van der Waals surface area contributed by atoms with Crippen molar-refractivity contribution in [2.45, 2.75) is 53.2 Å². The van der Waals surface area contributed by atoms with Gasteiger partial charge in [-0.15, -0.1) is 0 Å². The molecule has 13 heteroatoms. The molecule has 45 heavy (non-hydrogen) atoms. The van der Waals surface area contributed by atoms with Gasteiger partial charge in [0, 0.05) is 36.8 Å². The standard InChI is InChI=1S/C32H41N7O6/c1-20-15-23(7-8-24(20)36-27(40)19-43-14-13-42-6)35-30-34-16-22-9-10-38(18-25(22)37-30)26-17-33-29-28(21(26)2)39(11-12-44-29)31(41)45-32(3,4)5/h7-8,15-17H,9-14,18-19H2,1-6H3,(H,36,40)(H,34,35,37). The van der Waals surface area contributed by atoms with Crippen LogP contribution >= 0.6 is 0 Å². The molecule has 2 aromatic heterocycles. The maximum absolute atomic E-state index is 13.1. The van der Waals surface area contributed by atoms with Crippen LogP contribution in [0, 0.1) is 13.8 Å². The van der Waals surface area contributed by atoms with Crippen LogP contribution in [-0.2, 0) is 32.0 Å². The van der Waals surface area contributed by atoms with E-state index >= 15 is 0 Å². The van der Waals surface area contributed by atoms with Gasteiger partial charge in [0.1, 0.15) is 24.5 Å². The molecule has 0 fully saturated rings. The molecule has 0 atom stereocenters. The van der Waals surface area contributed by atoms with E-state index in [4.69, 9.17) is 23.9 Å². The summed E-state index contributed by atoms with van der Waals surface area (Å²) < 4.78 is 21.7. The number of amides is 2. The lowest BCUT2D eigenvalue weighted by Crippen LogP contribution is -2.42. The number of aryl methyl sites for hydroxylation is 1. The Hall–Kier alpha value is -4.49. The van der Waals surface area contributed by atoms with Crippen LogP contribution in [0.3, 0.4) is 0 Å². The lowest BCUT2D eigenvalue weighted by atomic mass is 10.0. The van der Waals surface area contributed by atoms with Crippen LogP contribution in [0.5, 0.6) is 5.88 Å². The van der Waals surface area contributed by atoms with Crippen molar-refractivity contribution in [3.8, 4) is 5.88 Å². The third kappa shape index (κ3) is 7.78. The van der Waals surface area contributed by atoms with Gasteiger partial charge in [-0.3, -0.25) is 9.69 Å². The van der Waals surface area contributed by atoms with Gasteiger partial charge < -0.3 is 34.5 Å². The van der Waals surface area contributed by atoms with Gasteiger partial charge in [0.05, 0.1) is 43.9 Å². The molecule has 0 unspecified atom stereocenters. The number of carbonyl (C=O) groups excluding carboxylic acids is 2. The van der Waals surface area contributed by atoms with Gasteiger partial charge in [-0.25, -0.2) is 19.7 Å². The van der Waals surface area contributed by atoms with Gasteiger partial charge in [0.2, 0.25) is 17.7 Å². The van der Waals surface area contributed by atoms with Crippen molar-refractivity contribution in [2.24, 2.45) is 0 Å². The summed E-state index contributed by atoms with van der Waals surface area (Å²) in [6, 6.07) is 5.63. The maximum atomic E-state index is 13.1. The highest BCUT2D eigenvalue weighted by molar-refractivity contribution is 5.93. The van der Waals surface area contributed by atoms with Crippen molar-refractivity contribution < 1.29 is 28.5 Å². The second-order valence-electron chi connectivity index (χ2n) is 12.0. The molecule has 2 aliphatic rings. The molecule has 2 amide bonds. The smallest absolute Gasteiger partial charge is 0.415 e. The maximum Gasteiger partial charge on any atom is 0.415 e. The molecule has 0 aliphatic carbocycles. The SMILES string of the molecule is COCCOCC(=O)Nc1ccc(Nc2ncc3c(n2)CN(c2cnc4c(c2C)N(C(=O)OC(C)(C)C)CCO4)CC3)cc1C. The zero-order chi connectivity index (χ0) is 32.1. The molecule has 2 N–H and O–H groups in total. The summed E-state index contributed by atoms with van der Waals surface area (Å²) >= 11 is 0. The van der Waals surface area contributed by atoms with Crippen LogP contribution in [0.25, 0.3) is 0 Å². The number of fused-ring (bicyclic) bond motifs is 2. The first kappa shape index (κ1) is 31.9. The minimum atomic E-state index is -0.618. The summed E-state index contributed by atoms with van der Waals surface area (Å²) in [5, 5.41) is 6.16. The van der Waals surface area contributed by atoms with E-state index in [1.165, 1.54) is 0 Å². The number of pyridine rings is 1. The number of nitrogens with one attached hydrogen (secondary N) is 2. The molecule has 5 rings (SSSR count). The van der Waals surface area contributed by atoms with E-state index in [1.54, 1.807) is 18.2 Å². The number of ether oxygens (including phenoxy) is 4. The van der Waals surface area contributed by atoms with E-state index in [9.17, 15) is 9.59 Å². The minimum absolute atomic E-state index is 0.0421. The fourth-order valence-corrected chi connectivity index (χ4v) is 5.22. The van der Waals surface area contributed by atoms with E-state index in [1.807, 2.05) is 59.0 Å². The third-order valence-electron chi connectivity index (χ3n) is 7.39. The van der Waals surface area contributed by atoms with Crippen LogP contribution in [-0.4, -0.2) is 79.2 Å². The zero-order valence-electron chi connectivity index (χ0n) is 26.7.